The van der Waals surface area contributed by atoms with Crippen LogP contribution in [0.25, 0.3) is 10.9 Å². The lowest BCUT2D eigenvalue weighted by atomic mass is 10.1. The highest BCUT2D eigenvalue weighted by Gasteiger charge is 2.09. The summed E-state index contributed by atoms with van der Waals surface area (Å²) >= 11 is 0. The highest BCUT2D eigenvalue weighted by atomic mass is 16.2. The van der Waals surface area contributed by atoms with Gasteiger partial charge in [-0.2, -0.15) is 0 Å². The lowest BCUT2D eigenvalue weighted by Gasteiger charge is -2.03. The van der Waals surface area contributed by atoms with E-state index >= 15 is 0 Å². The number of aromatic amines is 1. The molecular weight excluding hydrogens is 300 g/mol. The van der Waals surface area contributed by atoms with Crippen LogP contribution < -0.4 is 11.1 Å². The van der Waals surface area contributed by atoms with E-state index in [0.717, 1.165) is 23.7 Å². The summed E-state index contributed by atoms with van der Waals surface area (Å²) in [5.41, 5.74) is 8.45. The molecule has 122 valence electrons. The van der Waals surface area contributed by atoms with Gasteiger partial charge < -0.3 is 10.7 Å². The largest absolute Gasteiger partial charge is 0.370 e. The van der Waals surface area contributed by atoms with Crippen molar-refractivity contribution in [2.24, 2.45) is 10.7 Å². The summed E-state index contributed by atoms with van der Waals surface area (Å²) in [5, 5.41) is 3.60. The van der Waals surface area contributed by atoms with Crippen LogP contribution in [-0.4, -0.2) is 23.4 Å². The predicted octanol–water partition coefficient (Wildman–Crippen LogP) is 2.85. The summed E-state index contributed by atoms with van der Waals surface area (Å²) in [7, 11) is 0. The number of carbonyl (C=O) groups is 1. The molecule has 2 aromatic carbocycles. The Morgan fingerprint density at radius 3 is 2.62 bits per heavy atom. The zero-order valence-corrected chi connectivity index (χ0v) is 13.3. The molecule has 0 unspecified atom stereocenters. The van der Waals surface area contributed by atoms with Crippen LogP contribution in [0.15, 0.2) is 65.7 Å². The zero-order valence-electron chi connectivity index (χ0n) is 13.3. The molecule has 24 heavy (non-hydrogen) atoms. The maximum atomic E-state index is 12.2. The Labute approximate surface area is 140 Å². The molecule has 0 saturated carbocycles. The number of amides is 1. The van der Waals surface area contributed by atoms with Crippen molar-refractivity contribution in [2.45, 2.75) is 12.8 Å². The van der Waals surface area contributed by atoms with E-state index in [2.05, 4.69) is 27.4 Å². The summed E-state index contributed by atoms with van der Waals surface area (Å²) in [4.78, 5) is 19.4. The van der Waals surface area contributed by atoms with E-state index in [1.165, 1.54) is 5.56 Å². The predicted molar refractivity (Wildman–Crippen MR) is 97.0 cm³/mol. The second-order valence-corrected chi connectivity index (χ2v) is 5.58. The number of para-hydroxylation sites is 1. The maximum absolute atomic E-state index is 12.2. The van der Waals surface area contributed by atoms with Gasteiger partial charge in [-0.15, -0.1) is 0 Å². The summed E-state index contributed by atoms with van der Waals surface area (Å²) in [6.45, 7) is 0.577. The summed E-state index contributed by atoms with van der Waals surface area (Å²) in [5.74, 6) is -0.137. The lowest BCUT2D eigenvalue weighted by Crippen LogP contribution is -2.37. The molecule has 4 N–H and O–H groups in total. The fourth-order valence-corrected chi connectivity index (χ4v) is 2.55. The molecule has 1 amide bonds. The molecule has 0 aliphatic rings. The van der Waals surface area contributed by atoms with Crippen LogP contribution >= 0.6 is 0 Å². The van der Waals surface area contributed by atoms with Gasteiger partial charge in [0, 0.05) is 17.4 Å². The molecule has 0 aliphatic carbocycles. The number of nitrogens with zero attached hydrogens (tertiary/aromatic N) is 1. The van der Waals surface area contributed by atoms with Gasteiger partial charge in [-0.05, 0) is 30.5 Å². The number of H-pyrrole nitrogens is 1. The van der Waals surface area contributed by atoms with Crippen molar-refractivity contribution in [2.75, 3.05) is 6.54 Å². The van der Waals surface area contributed by atoms with Crippen molar-refractivity contribution in [1.29, 1.82) is 0 Å². The van der Waals surface area contributed by atoms with Crippen molar-refractivity contribution >= 4 is 22.8 Å². The van der Waals surface area contributed by atoms with Crippen LogP contribution in [0, 0.1) is 0 Å². The van der Waals surface area contributed by atoms with Gasteiger partial charge in [-0.25, -0.2) is 0 Å². The van der Waals surface area contributed by atoms with Gasteiger partial charge >= 0.3 is 0 Å². The van der Waals surface area contributed by atoms with Crippen molar-refractivity contribution < 1.29 is 4.79 Å². The van der Waals surface area contributed by atoms with Crippen LogP contribution in [0.5, 0.6) is 0 Å². The Bertz CT molecular complexity index is 819. The fourth-order valence-electron chi connectivity index (χ4n) is 2.55. The number of benzene rings is 2. The molecule has 3 rings (SSSR count). The molecule has 0 saturated heterocycles. The molecule has 0 bridgehead atoms. The Hall–Kier alpha value is -3.08. The topological polar surface area (TPSA) is 83.3 Å². The number of nitrogens with two attached hydrogens (primary N) is 1. The number of aryl methyl sites for hydroxylation is 1. The number of aliphatic imine (C=N–C) groups is 1. The van der Waals surface area contributed by atoms with Crippen LogP contribution in [0.4, 0.5) is 0 Å². The monoisotopic (exact) mass is 320 g/mol. The Morgan fingerprint density at radius 2 is 1.83 bits per heavy atom. The third-order valence-electron chi connectivity index (χ3n) is 3.76. The van der Waals surface area contributed by atoms with Crippen molar-refractivity contribution in [1.82, 2.24) is 10.3 Å². The van der Waals surface area contributed by atoms with E-state index in [-0.39, 0.29) is 11.9 Å². The van der Waals surface area contributed by atoms with E-state index < -0.39 is 0 Å². The third-order valence-corrected chi connectivity index (χ3v) is 3.76. The summed E-state index contributed by atoms with van der Waals surface area (Å²) in [6, 6.07) is 19.7. The molecule has 5 heteroatoms. The van der Waals surface area contributed by atoms with Gasteiger partial charge in [0.1, 0.15) is 5.69 Å². The van der Waals surface area contributed by atoms with Gasteiger partial charge in [-0.3, -0.25) is 15.1 Å². The van der Waals surface area contributed by atoms with Crippen LogP contribution in [-0.2, 0) is 6.42 Å². The lowest BCUT2D eigenvalue weighted by molar-refractivity contribution is 0.0972. The fraction of sp³-hybridized carbons (Fsp3) is 0.158. The van der Waals surface area contributed by atoms with Crippen molar-refractivity contribution in [3.8, 4) is 0 Å². The minimum absolute atomic E-state index is 0.145. The number of hydrogen-bond acceptors (Lipinski definition) is 2. The normalized spacial score (nSPS) is 11.6. The quantitative estimate of drug-likeness (QED) is 0.384. The first kappa shape index (κ1) is 15.8. The molecule has 0 fully saturated rings. The number of aromatic nitrogens is 1. The number of hydrogen-bond donors (Lipinski definition) is 3. The standard InChI is InChI=1S/C19H20N4O/c20-19(21-12-6-9-14-7-2-1-3-8-14)23-18(24)17-13-15-10-4-5-11-16(15)22-17/h1-5,7-8,10-11,13,22H,6,9,12H2,(H3,20,21,23,24). The van der Waals surface area contributed by atoms with Gasteiger partial charge in [0.25, 0.3) is 5.91 Å². The Kier molecular flexibility index (Phi) is 4.91. The number of guanidine groups is 1. The van der Waals surface area contributed by atoms with Gasteiger partial charge in [-0.1, -0.05) is 48.5 Å². The average molecular weight is 320 g/mol. The Balaban J connectivity index is 1.51. The molecule has 0 atom stereocenters. The Morgan fingerprint density at radius 1 is 1.08 bits per heavy atom. The SMILES string of the molecule is NC(=NCCCc1ccccc1)NC(=O)c1cc2ccccc2[nH]1. The third kappa shape index (κ3) is 4.01. The number of fused-ring (bicyclic) bond motifs is 1. The smallest absolute Gasteiger partial charge is 0.274 e. The maximum Gasteiger partial charge on any atom is 0.274 e. The van der Waals surface area contributed by atoms with E-state index in [1.54, 1.807) is 6.07 Å². The number of carbonyl (C=O) groups excluding carboxylic acids is 1. The van der Waals surface area contributed by atoms with E-state index in [9.17, 15) is 4.79 Å². The average Bonchev–Trinajstić information content (AvgIpc) is 3.04. The summed E-state index contributed by atoms with van der Waals surface area (Å²) in [6.07, 6.45) is 1.82. The molecule has 0 radical (unpaired) electrons. The highest BCUT2D eigenvalue weighted by molar-refractivity contribution is 6.06. The number of nitrogens with one attached hydrogen (secondary N) is 2. The van der Waals surface area contributed by atoms with Gasteiger partial charge in [0.05, 0.1) is 0 Å². The minimum Gasteiger partial charge on any atom is -0.370 e. The highest BCUT2D eigenvalue weighted by Crippen LogP contribution is 2.14. The van der Waals surface area contributed by atoms with E-state index in [1.807, 2.05) is 42.5 Å². The van der Waals surface area contributed by atoms with E-state index in [0.29, 0.717) is 12.2 Å². The molecule has 0 aliphatic heterocycles. The molecule has 1 heterocycles. The van der Waals surface area contributed by atoms with E-state index in [4.69, 9.17) is 5.73 Å². The van der Waals surface area contributed by atoms with Gasteiger partial charge in [0.15, 0.2) is 5.96 Å². The second kappa shape index (κ2) is 7.46. The minimum atomic E-state index is -0.282. The van der Waals surface area contributed by atoms with Crippen LogP contribution in [0.2, 0.25) is 0 Å². The van der Waals surface area contributed by atoms with Crippen molar-refractivity contribution in [3.63, 3.8) is 0 Å². The first-order valence-electron chi connectivity index (χ1n) is 7.95. The molecular formula is C19H20N4O. The van der Waals surface area contributed by atoms with Crippen molar-refractivity contribution in [3.05, 3.63) is 71.9 Å². The first-order valence-corrected chi connectivity index (χ1v) is 7.95. The molecule has 3 aromatic rings. The van der Waals surface area contributed by atoms with Crippen LogP contribution in [0.3, 0.4) is 0 Å². The second-order valence-electron chi connectivity index (χ2n) is 5.58. The summed E-state index contributed by atoms with van der Waals surface area (Å²) < 4.78 is 0. The molecule has 1 aromatic heterocycles. The van der Waals surface area contributed by atoms with Gasteiger partial charge in [0.2, 0.25) is 0 Å². The molecule has 0 spiro atoms. The zero-order chi connectivity index (χ0) is 16.8. The number of rotatable bonds is 5. The van der Waals surface area contributed by atoms with Crippen LogP contribution in [0.1, 0.15) is 22.5 Å². The first-order chi connectivity index (χ1) is 11.7. The molecule has 5 nitrogen and oxygen atoms in total.